The van der Waals surface area contributed by atoms with Crippen LogP contribution in [0.3, 0.4) is 0 Å². The zero-order chi connectivity index (χ0) is 26.4. The first kappa shape index (κ1) is 30.9. The summed E-state index contributed by atoms with van der Waals surface area (Å²) in [6, 6.07) is -5.07. The number of nitrogens with two attached hydrogens (primary N) is 3. The quantitative estimate of drug-likeness (QED) is 0.0456. The number of aliphatic imine (C=N–C) groups is 1. The van der Waals surface area contributed by atoms with Crippen LogP contribution in [-0.2, 0) is 24.0 Å². The van der Waals surface area contributed by atoms with Crippen molar-refractivity contribution in [3.63, 3.8) is 0 Å². The van der Waals surface area contributed by atoms with Gasteiger partial charge in [0.05, 0.1) is 12.5 Å². The molecule has 0 rings (SSSR count). The number of aliphatic carboxylic acids is 2. The monoisotopic (exact) mass is 505 g/mol. The Morgan fingerprint density at radius 1 is 0.912 bits per heavy atom. The topological polar surface area (TPSA) is 252 Å². The summed E-state index contributed by atoms with van der Waals surface area (Å²) in [4.78, 5) is 64.1. The SMILES string of the molecule is CC(C)CC(NC(=O)C(CCCN=C(N)N)NC(=O)C(CC(=O)O)NC(=O)C(N)CS)C(=O)O. The first-order valence-corrected chi connectivity index (χ1v) is 11.2. The Kier molecular flexibility index (Phi) is 14.3. The normalized spacial score (nSPS) is 14.3. The van der Waals surface area contributed by atoms with Gasteiger partial charge in [0.2, 0.25) is 17.7 Å². The Morgan fingerprint density at radius 3 is 1.91 bits per heavy atom. The lowest BCUT2D eigenvalue weighted by Gasteiger charge is -2.25. The molecule has 14 nitrogen and oxygen atoms in total. The van der Waals surface area contributed by atoms with E-state index in [0.717, 1.165) is 0 Å². The van der Waals surface area contributed by atoms with Gasteiger partial charge in [-0.1, -0.05) is 13.8 Å². The molecular weight excluding hydrogens is 470 g/mol. The molecule has 0 aromatic rings. The smallest absolute Gasteiger partial charge is 0.326 e. The Morgan fingerprint density at radius 2 is 1.44 bits per heavy atom. The van der Waals surface area contributed by atoms with E-state index >= 15 is 0 Å². The van der Waals surface area contributed by atoms with Crippen molar-refractivity contribution in [1.29, 1.82) is 0 Å². The molecule has 3 amide bonds. The molecule has 0 radical (unpaired) electrons. The molecule has 4 atom stereocenters. The van der Waals surface area contributed by atoms with Gasteiger partial charge in [0.25, 0.3) is 0 Å². The summed E-state index contributed by atoms with van der Waals surface area (Å²) in [5, 5.41) is 25.5. The first-order chi connectivity index (χ1) is 15.8. The van der Waals surface area contributed by atoms with E-state index in [1.807, 2.05) is 0 Å². The van der Waals surface area contributed by atoms with Crippen molar-refractivity contribution >= 4 is 48.2 Å². The van der Waals surface area contributed by atoms with Crippen LogP contribution in [0.1, 0.15) is 39.5 Å². The molecule has 194 valence electrons. The van der Waals surface area contributed by atoms with Crippen molar-refractivity contribution in [2.45, 2.75) is 63.7 Å². The van der Waals surface area contributed by atoms with Crippen LogP contribution in [0.4, 0.5) is 0 Å². The zero-order valence-corrected chi connectivity index (χ0v) is 20.1. The Bertz CT molecular complexity index is 759. The molecule has 0 aliphatic rings. The average molecular weight is 506 g/mol. The second-order valence-corrected chi connectivity index (χ2v) is 8.35. The van der Waals surface area contributed by atoms with Gasteiger partial charge in [-0.2, -0.15) is 12.6 Å². The number of hydrogen-bond donors (Lipinski definition) is 9. The summed E-state index contributed by atoms with van der Waals surface area (Å²) in [6.07, 6.45) is -0.385. The van der Waals surface area contributed by atoms with E-state index in [4.69, 9.17) is 22.3 Å². The molecule has 0 aromatic carbocycles. The molecule has 0 bridgehead atoms. The fraction of sp³-hybridized carbons (Fsp3) is 0.684. The van der Waals surface area contributed by atoms with Crippen molar-refractivity contribution in [2.24, 2.45) is 28.1 Å². The molecular formula is C19H35N7O7S. The summed E-state index contributed by atoms with van der Waals surface area (Å²) in [5.74, 6) is -5.43. The first-order valence-electron chi connectivity index (χ1n) is 10.6. The highest BCUT2D eigenvalue weighted by Gasteiger charge is 2.31. The third-order valence-electron chi connectivity index (χ3n) is 4.45. The van der Waals surface area contributed by atoms with E-state index in [1.54, 1.807) is 13.8 Å². The van der Waals surface area contributed by atoms with Crippen LogP contribution in [0.2, 0.25) is 0 Å². The Labute approximate surface area is 202 Å². The number of nitrogens with one attached hydrogen (secondary N) is 3. The number of thiol groups is 1. The fourth-order valence-corrected chi connectivity index (χ4v) is 2.92. The predicted molar refractivity (Wildman–Crippen MR) is 127 cm³/mol. The molecule has 0 aliphatic heterocycles. The maximum atomic E-state index is 12.8. The van der Waals surface area contributed by atoms with E-state index in [-0.39, 0.29) is 43.4 Å². The Balaban J connectivity index is 5.61. The molecule has 0 fully saturated rings. The molecule has 0 aromatic heterocycles. The third kappa shape index (κ3) is 12.8. The largest absolute Gasteiger partial charge is 0.481 e. The highest BCUT2D eigenvalue weighted by Crippen LogP contribution is 2.07. The van der Waals surface area contributed by atoms with E-state index in [9.17, 15) is 29.1 Å². The van der Waals surface area contributed by atoms with Gasteiger partial charge in [0, 0.05) is 12.3 Å². The molecule has 0 heterocycles. The number of hydrogen-bond acceptors (Lipinski definition) is 8. The maximum absolute atomic E-state index is 12.8. The molecule has 34 heavy (non-hydrogen) atoms. The number of carbonyl (C=O) groups is 5. The second-order valence-electron chi connectivity index (χ2n) is 7.99. The molecule has 4 unspecified atom stereocenters. The van der Waals surface area contributed by atoms with Crippen LogP contribution >= 0.6 is 12.6 Å². The number of guanidine groups is 1. The van der Waals surface area contributed by atoms with Gasteiger partial charge in [-0.15, -0.1) is 0 Å². The maximum Gasteiger partial charge on any atom is 0.326 e. The van der Waals surface area contributed by atoms with E-state index in [2.05, 4.69) is 33.6 Å². The molecule has 0 saturated carbocycles. The number of rotatable bonds is 16. The van der Waals surface area contributed by atoms with Gasteiger partial charge in [-0.25, -0.2) is 4.79 Å². The molecule has 0 saturated heterocycles. The number of carboxylic acids is 2. The van der Waals surface area contributed by atoms with Crippen LogP contribution < -0.4 is 33.2 Å². The molecule has 0 spiro atoms. The van der Waals surface area contributed by atoms with Crippen molar-refractivity contribution in [1.82, 2.24) is 16.0 Å². The summed E-state index contributed by atoms with van der Waals surface area (Å²) >= 11 is 3.88. The van der Waals surface area contributed by atoms with Crippen LogP contribution in [0, 0.1) is 5.92 Å². The lowest BCUT2D eigenvalue weighted by Crippen LogP contribution is -2.57. The van der Waals surface area contributed by atoms with Gasteiger partial charge in [-0.3, -0.25) is 24.2 Å². The minimum absolute atomic E-state index is 0.00621. The molecule has 0 aliphatic carbocycles. The highest BCUT2D eigenvalue weighted by atomic mass is 32.1. The van der Waals surface area contributed by atoms with Gasteiger partial charge in [0.15, 0.2) is 5.96 Å². The van der Waals surface area contributed by atoms with Crippen LogP contribution in [0.25, 0.3) is 0 Å². The summed E-state index contributed by atoms with van der Waals surface area (Å²) in [7, 11) is 0. The lowest BCUT2D eigenvalue weighted by molar-refractivity contribution is -0.143. The van der Waals surface area contributed by atoms with Gasteiger partial charge in [-0.05, 0) is 25.2 Å². The van der Waals surface area contributed by atoms with Crippen molar-refractivity contribution < 1.29 is 34.2 Å². The van der Waals surface area contributed by atoms with Crippen molar-refractivity contribution in [3.05, 3.63) is 0 Å². The minimum atomic E-state index is -1.53. The van der Waals surface area contributed by atoms with Gasteiger partial charge in [0.1, 0.15) is 18.1 Å². The van der Waals surface area contributed by atoms with Crippen molar-refractivity contribution in [3.8, 4) is 0 Å². The fourth-order valence-electron chi connectivity index (χ4n) is 2.76. The van der Waals surface area contributed by atoms with E-state index in [0.29, 0.717) is 0 Å². The number of nitrogens with zero attached hydrogens (tertiary/aromatic N) is 1. The van der Waals surface area contributed by atoms with Crippen LogP contribution in [0.5, 0.6) is 0 Å². The Hall–Kier alpha value is -3.07. The summed E-state index contributed by atoms with van der Waals surface area (Å²) in [5.41, 5.74) is 16.1. The minimum Gasteiger partial charge on any atom is -0.481 e. The number of amides is 3. The standard InChI is InChI=1S/C19H35N7O7S/c1-9(2)6-13(18(32)33)26-16(30)11(4-3-5-23-19(21)22)24-17(31)12(7-14(27)28)25-15(29)10(20)8-34/h9-13,34H,3-8,20H2,1-2H3,(H,24,31)(H,25,29)(H,26,30)(H,27,28)(H,32,33)(H4,21,22,23). The molecule has 11 N–H and O–H groups in total. The van der Waals surface area contributed by atoms with Crippen LogP contribution in [0.15, 0.2) is 4.99 Å². The van der Waals surface area contributed by atoms with Gasteiger partial charge >= 0.3 is 11.9 Å². The molecule has 15 heteroatoms. The van der Waals surface area contributed by atoms with Crippen molar-refractivity contribution in [2.75, 3.05) is 12.3 Å². The zero-order valence-electron chi connectivity index (χ0n) is 19.2. The summed E-state index contributed by atoms with van der Waals surface area (Å²) in [6.45, 7) is 3.69. The predicted octanol–water partition coefficient (Wildman–Crippen LogP) is -2.64. The van der Waals surface area contributed by atoms with E-state index in [1.165, 1.54) is 0 Å². The third-order valence-corrected chi connectivity index (χ3v) is 4.84. The second kappa shape index (κ2) is 15.7. The lowest BCUT2D eigenvalue weighted by atomic mass is 10.0. The van der Waals surface area contributed by atoms with Gasteiger partial charge < -0.3 is 43.4 Å². The average Bonchev–Trinajstić information content (AvgIpc) is 2.72. The summed E-state index contributed by atoms with van der Waals surface area (Å²) < 4.78 is 0. The number of carboxylic acid groups (broad SMARTS) is 2. The van der Waals surface area contributed by atoms with E-state index < -0.39 is 60.2 Å². The number of carbonyl (C=O) groups excluding carboxylic acids is 3. The van der Waals surface area contributed by atoms with Crippen LogP contribution in [-0.4, -0.2) is 82.3 Å². The highest BCUT2D eigenvalue weighted by molar-refractivity contribution is 7.80.